The Morgan fingerprint density at radius 1 is 0.897 bits per heavy atom. The number of amides is 2. The molecular formula is C29H20BrCl2N3O4. The van der Waals surface area contributed by atoms with E-state index >= 15 is 0 Å². The van der Waals surface area contributed by atoms with Crippen LogP contribution in [0.2, 0.25) is 10.0 Å². The Kier molecular flexibility index (Phi) is 9.49. The molecule has 2 amide bonds. The summed E-state index contributed by atoms with van der Waals surface area (Å²) in [5.41, 5.74) is 4.83. The fourth-order valence-electron chi connectivity index (χ4n) is 3.44. The molecule has 4 rings (SSSR count). The third kappa shape index (κ3) is 8.00. The maximum absolute atomic E-state index is 12.6. The average Bonchev–Trinajstić information content (AvgIpc) is 2.91. The first kappa shape index (κ1) is 28.0. The van der Waals surface area contributed by atoms with Crippen molar-refractivity contribution in [2.24, 2.45) is 5.10 Å². The summed E-state index contributed by atoms with van der Waals surface area (Å²) in [6.07, 6.45) is 1.60. The molecule has 4 aromatic rings. The number of nitrogens with one attached hydrogen (secondary N) is 2. The van der Waals surface area contributed by atoms with Crippen LogP contribution < -0.4 is 15.5 Å². The number of ether oxygens (including phenoxy) is 1. The molecule has 196 valence electrons. The molecular weight excluding hydrogens is 605 g/mol. The third-order valence-corrected chi connectivity index (χ3v) is 6.37. The largest absolute Gasteiger partial charge is 0.422 e. The highest BCUT2D eigenvalue weighted by atomic mass is 79.9. The number of benzene rings is 4. The van der Waals surface area contributed by atoms with Gasteiger partial charge in [-0.1, -0.05) is 69.5 Å². The zero-order valence-electron chi connectivity index (χ0n) is 20.2. The predicted octanol–water partition coefficient (Wildman–Crippen LogP) is 6.92. The van der Waals surface area contributed by atoms with Gasteiger partial charge in [0.1, 0.15) is 5.75 Å². The molecule has 0 aliphatic rings. The number of carbonyl (C=O) groups is 3. The maximum Gasteiger partial charge on any atom is 0.345 e. The number of esters is 1. The van der Waals surface area contributed by atoms with Crippen molar-refractivity contribution in [1.82, 2.24) is 5.43 Å². The summed E-state index contributed by atoms with van der Waals surface area (Å²) in [5, 5.41) is 7.36. The first-order valence-corrected chi connectivity index (χ1v) is 13.1. The van der Waals surface area contributed by atoms with Crippen molar-refractivity contribution in [3.63, 3.8) is 0 Å². The number of nitrogens with zero attached hydrogens (tertiary/aromatic N) is 1. The molecule has 0 aromatic heterocycles. The maximum atomic E-state index is 12.6. The van der Waals surface area contributed by atoms with Crippen LogP contribution in [0.1, 0.15) is 31.8 Å². The van der Waals surface area contributed by atoms with Gasteiger partial charge < -0.3 is 10.1 Å². The molecule has 0 saturated heterocycles. The lowest BCUT2D eigenvalue weighted by atomic mass is 10.1. The van der Waals surface area contributed by atoms with Crippen molar-refractivity contribution in [2.75, 3.05) is 5.32 Å². The van der Waals surface area contributed by atoms with Gasteiger partial charge in [-0.25, -0.2) is 10.2 Å². The lowest BCUT2D eigenvalue weighted by molar-refractivity contribution is -0.115. The molecule has 0 saturated carbocycles. The smallest absolute Gasteiger partial charge is 0.345 e. The first-order chi connectivity index (χ1) is 18.8. The van der Waals surface area contributed by atoms with E-state index in [1.165, 1.54) is 24.4 Å². The Morgan fingerprint density at radius 3 is 2.36 bits per heavy atom. The number of hydrazone groups is 1. The quantitative estimate of drug-likeness (QED) is 0.0962. The van der Waals surface area contributed by atoms with Gasteiger partial charge in [0.2, 0.25) is 5.91 Å². The van der Waals surface area contributed by atoms with Gasteiger partial charge in [-0.05, 0) is 66.2 Å². The highest BCUT2D eigenvalue weighted by Crippen LogP contribution is 2.26. The molecule has 10 heteroatoms. The third-order valence-electron chi connectivity index (χ3n) is 5.33. The fourth-order valence-corrected chi connectivity index (χ4v) is 4.30. The van der Waals surface area contributed by atoms with Crippen molar-refractivity contribution in [3.8, 4) is 5.75 Å². The van der Waals surface area contributed by atoms with Gasteiger partial charge in [0.25, 0.3) is 5.91 Å². The highest BCUT2D eigenvalue weighted by molar-refractivity contribution is 9.10. The van der Waals surface area contributed by atoms with Crippen LogP contribution in [0.3, 0.4) is 0 Å². The number of hydrogen-bond donors (Lipinski definition) is 2. The van der Waals surface area contributed by atoms with Crippen molar-refractivity contribution < 1.29 is 19.1 Å². The minimum absolute atomic E-state index is 0.153. The van der Waals surface area contributed by atoms with E-state index in [0.717, 1.165) is 5.56 Å². The number of halogens is 3. The molecule has 0 radical (unpaired) electrons. The summed E-state index contributed by atoms with van der Waals surface area (Å²) in [6.45, 7) is 0. The van der Waals surface area contributed by atoms with Gasteiger partial charge in [-0.2, -0.15) is 5.10 Å². The van der Waals surface area contributed by atoms with E-state index in [2.05, 4.69) is 31.8 Å². The molecule has 0 atom stereocenters. The van der Waals surface area contributed by atoms with Crippen molar-refractivity contribution >= 4 is 68.8 Å². The van der Waals surface area contributed by atoms with Crippen LogP contribution >= 0.6 is 39.1 Å². The molecule has 7 nitrogen and oxygen atoms in total. The average molecular weight is 625 g/mol. The van der Waals surface area contributed by atoms with E-state index in [-0.39, 0.29) is 28.7 Å². The summed E-state index contributed by atoms with van der Waals surface area (Å²) in [5.74, 6) is -1.09. The normalized spacial score (nSPS) is 10.7. The van der Waals surface area contributed by atoms with E-state index < -0.39 is 11.9 Å². The lowest BCUT2D eigenvalue weighted by Crippen LogP contribution is -2.18. The molecule has 2 N–H and O–H groups in total. The molecule has 4 aromatic carbocycles. The number of rotatable bonds is 8. The van der Waals surface area contributed by atoms with Crippen LogP contribution in [0, 0.1) is 0 Å². The fraction of sp³-hybridized carbons (Fsp3) is 0.0345. The van der Waals surface area contributed by atoms with Crippen LogP contribution in [0.5, 0.6) is 5.75 Å². The van der Waals surface area contributed by atoms with Crippen LogP contribution in [0.15, 0.2) is 101 Å². The first-order valence-electron chi connectivity index (χ1n) is 11.5. The lowest BCUT2D eigenvalue weighted by Gasteiger charge is -2.09. The summed E-state index contributed by atoms with van der Waals surface area (Å²) in [6, 6.07) is 25.2. The molecule has 0 aliphatic heterocycles. The summed E-state index contributed by atoms with van der Waals surface area (Å²) in [7, 11) is 0. The molecule has 0 fully saturated rings. The molecule has 39 heavy (non-hydrogen) atoms. The zero-order valence-corrected chi connectivity index (χ0v) is 23.3. The minimum Gasteiger partial charge on any atom is -0.422 e. The van der Waals surface area contributed by atoms with Gasteiger partial charge >= 0.3 is 5.97 Å². The van der Waals surface area contributed by atoms with E-state index in [1.807, 2.05) is 30.3 Å². The molecule has 0 bridgehead atoms. The predicted molar refractivity (Wildman–Crippen MR) is 156 cm³/mol. The van der Waals surface area contributed by atoms with Gasteiger partial charge in [0, 0.05) is 26.3 Å². The second-order valence-electron chi connectivity index (χ2n) is 8.18. The van der Waals surface area contributed by atoms with Gasteiger partial charge in [-0.3, -0.25) is 9.59 Å². The van der Waals surface area contributed by atoms with Crippen LogP contribution in [0.4, 0.5) is 5.69 Å². The summed E-state index contributed by atoms with van der Waals surface area (Å²) >= 11 is 15.4. The molecule has 0 heterocycles. The summed E-state index contributed by atoms with van der Waals surface area (Å²) < 4.78 is 6.22. The van der Waals surface area contributed by atoms with Gasteiger partial charge in [0.15, 0.2) is 0 Å². The second kappa shape index (κ2) is 13.2. The molecule has 0 spiro atoms. The Bertz CT molecular complexity index is 1540. The minimum atomic E-state index is -0.673. The Labute approximate surface area is 242 Å². The molecule has 0 unspecified atom stereocenters. The van der Waals surface area contributed by atoms with Crippen LogP contribution in [-0.4, -0.2) is 24.0 Å². The SMILES string of the molecule is O=C(Cc1ccccc1)Nc1ccc(C(=O)N/N=C\c2cc(Br)ccc2OC(=O)c2ccc(Cl)cc2Cl)cc1. The van der Waals surface area contributed by atoms with Gasteiger partial charge in [0.05, 0.1) is 23.2 Å². The number of anilines is 1. The topological polar surface area (TPSA) is 96.9 Å². The highest BCUT2D eigenvalue weighted by Gasteiger charge is 2.15. The standard InChI is InChI=1S/C29H20BrCl2N3O4/c30-21-8-13-26(39-29(38)24-12-9-22(31)16-25(24)32)20(15-21)17-33-35-28(37)19-6-10-23(11-7-19)34-27(36)14-18-4-2-1-3-5-18/h1-13,15-17H,14H2,(H,34,36)(H,35,37)/b33-17-. The van der Waals surface area contributed by atoms with E-state index in [9.17, 15) is 14.4 Å². The van der Waals surface area contributed by atoms with E-state index in [1.54, 1.807) is 42.5 Å². The molecule has 0 aliphatic carbocycles. The number of carbonyl (C=O) groups excluding carboxylic acids is 3. The van der Waals surface area contributed by atoms with Crippen molar-refractivity contribution in [1.29, 1.82) is 0 Å². The van der Waals surface area contributed by atoms with E-state index in [0.29, 0.717) is 26.3 Å². The zero-order chi connectivity index (χ0) is 27.8. The van der Waals surface area contributed by atoms with Crippen molar-refractivity contribution in [2.45, 2.75) is 6.42 Å². The Hall–Kier alpha value is -3.98. The van der Waals surface area contributed by atoms with Gasteiger partial charge in [-0.15, -0.1) is 0 Å². The van der Waals surface area contributed by atoms with E-state index in [4.69, 9.17) is 27.9 Å². The second-order valence-corrected chi connectivity index (χ2v) is 9.94. The summed E-state index contributed by atoms with van der Waals surface area (Å²) in [4.78, 5) is 37.4. The Balaban J connectivity index is 1.37. The monoisotopic (exact) mass is 623 g/mol. The number of hydrogen-bond acceptors (Lipinski definition) is 5. The van der Waals surface area contributed by atoms with Crippen molar-refractivity contribution in [3.05, 3.63) is 128 Å². The Morgan fingerprint density at radius 2 is 1.64 bits per heavy atom. The van der Waals surface area contributed by atoms with Crippen LogP contribution in [-0.2, 0) is 11.2 Å². The van der Waals surface area contributed by atoms with Crippen LogP contribution in [0.25, 0.3) is 0 Å².